The molecule has 3 aliphatic rings. The molecule has 0 unspecified atom stereocenters. The van der Waals surface area contributed by atoms with Crippen molar-refractivity contribution < 1.29 is 30.0 Å². The fourth-order valence-electron chi connectivity index (χ4n) is 7.92. The van der Waals surface area contributed by atoms with Gasteiger partial charge in [0.15, 0.2) is 0 Å². The zero-order chi connectivity index (χ0) is 40.4. The van der Waals surface area contributed by atoms with Gasteiger partial charge in [-0.15, -0.1) is 11.8 Å². The minimum atomic E-state index is -1.37. The first kappa shape index (κ1) is 41.6. The number of hydrogen-bond acceptors (Lipinski definition) is 9. The van der Waals surface area contributed by atoms with Crippen molar-refractivity contribution in [1.29, 1.82) is 0 Å². The Bertz CT molecular complexity index is 2220. The highest BCUT2D eigenvalue weighted by molar-refractivity contribution is 7.99. The third-order valence-corrected chi connectivity index (χ3v) is 12.9. The highest BCUT2D eigenvalue weighted by atomic mass is 32.2. The number of aromatic nitrogens is 4. The van der Waals surface area contributed by atoms with Gasteiger partial charge in [-0.05, 0) is 129 Å². The molecule has 5 atom stereocenters. The van der Waals surface area contributed by atoms with Gasteiger partial charge in [-0.2, -0.15) is 0 Å². The lowest BCUT2D eigenvalue weighted by Crippen LogP contribution is -2.57. The average molecular weight is 784 g/mol. The van der Waals surface area contributed by atoms with Crippen LogP contribution in [-0.2, 0) is 16.0 Å². The van der Waals surface area contributed by atoms with Crippen molar-refractivity contribution in [3.05, 3.63) is 81.9 Å². The van der Waals surface area contributed by atoms with Crippen molar-refractivity contribution in [2.45, 2.75) is 110 Å². The number of unbranched alkanes of at least 4 members (excludes halogenated alkanes) is 2. The molecular weight excluding hydrogens is 727 g/mol. The molecule has 12 heteroatoms. The highest BCUT2D eigenvalue weighted by Gasteiger charge is 2.43. The summed E-state index contributed by atoms with van der Waals surface area (Å²) in [5.74, 6) is 0.736. The van der Waals surface area contributed by atoms with E-state index in [1.807, 2.05) is 13.1 Å². The highest BCUT2D eigenvalue weighted by Crippen LogP contribution is 2.38. The van der Waals surface area contributed by atoms with E-state index in [4.69, 9.17) is 14.7 Å². The molecule has 56 heavy (non-hydrogen) atoms. The van der Waals surface area contributed by atoms with Crippen LogP contribution in [-0.4, -0.2) is 107 Å². The summed E-state index contributed by atoms with van der Waals surface area (Å²) < 4.78 is 5.59. The van der Waals surface area contributed by atoms with Crippen molar-refractivity contribution in [1.82, 2.24) is 24.8 Å². The number of amides is 1. The Labute approximate surface area is 333 Å². The lowest BCUT2D eigenvalue weighted by atomic mass is 9.98. The second-order valence-electron chi connectivity index (χ2n) is 15.3. The van der Waals surface area contributed by atoms with Gasteiger partial charge in [0.25, 0.3) is 0 Å². The third kappa shape index (κ3) is 8.32. The van der Waals surface area contributed by atoms with Gasteiger partial charge in [-0.25, -0.2) is 9.97 Å². The molecule has 6 rings (SSSR count). The van der Waals surface area contributed by atoms with Gasteiger partial charge in [0.2, 0.25) is 5.91 Å². The van der Waals surface area contributed by atoms with Gasteiger partial charge in [-0.3, -0.25) is 4.79 Å². The normalized spacial score (nSPS) is 21.2. The van der Waals surface area contributed by atoms with Crippen molar-refractivity contribution >= 4 is 62.0 Å². The van der Waals surface area contributed by atoms with E-state index in [9.17, 15) is 25.2 Å². The second kappa shape index (κ2) is 17.6. The predicted molar refractivity (Wildman–Crippen MR) is 227 cm³/mol. The van der Waals surface area contributed by atoms with Crippen LogP contribution in [0.5, 0.6) is 0 Å². The molecule has 8 bridgehead atoms. The van der Waals surface area contributed by atoms with Gasteiger partial charge in [0.1, 0.15) is 29.9 Å². The SMILES string of the molecule is C=CC1=C(C)c2cc3nc(c(C)c4cc(C)c(cc5[nH]c(cc1n2)c(C)c5CC)[nH]4)C(CCC(=O)N(C)CCCCCS[C@@H]1O[C@H](CO)[C@@H](O)[C@H](O)[C@H]1O)=C3C. The van der Waals surface area contributed by atoms with Gasteiger partial charge >= 0.3 is 0 Å². The van der Waals surface area contributed by atoms with E-state index in [0.717, 1.165) is 104 Å². The Morgan fingerprint density at radius 2 is 1.59 bits per heavy atom. The van der Waals surface area contributed by atoms with E-state index in [-0.39, 0.29) is 5.91 Å². The lowest BCUT2D eigenvalue weighted by molar-refractivity contribution is -0.205. The van der Waals surface area contributed by atoms with Crippen LogP contribution in [0.15, 0.2) is 36.9 Å². The van der Waals surface area contributed by atoms with Crippen LogP contribution >= 0.6 is 11.8 Å². The number of rotatable bonds is 13. The fraction of sp³-hybridized carbons (Fsp3) is 0.477. The van der Waals surface area contributed by atoms with E-state index in [1.165, 1.54) is 22.9 Å². The summed E-state index contributed by atoms with van der Waals surface area (Å²) in [5, 5.41) is 39.8. The number of carbonyl (C=O) groups excluding carboxylic acids is 1. The smallest absolute Gasteiger partial charge is 0.222 e. The lowest BCUT2D eigenvalue weighted by Gasteiger charge is -2.39. The average Bonchev–Trinajstić information content (AvgIpc) is 3.89. The number of ether oxygens (including phenoxy) is 1. The Kier molecular flexibility index (Phi) is 13.1. The molecule has 3 aliphatic heterocycles. The zero-order valence-corrected chi connectivity index (χ0v) is 34.5. The molecule has 0 saturated carbocycles. The number of nitrogens with zero attached hydrogens (tertiary/aromatic N) is 3. The molecule has 0 radical (unpaired) electrons. The third-order valence-electron chi connectivity index (χ3n) is 11.6. The molecule has 6 heterocycles. The van der Waals surface area contributed by atoms with Gasteiger partial charge < -0.3 is 40.0 Å². The number of aromatic amines is 2. The number of allylic oxidation sites excluding steroid dienone is 5. The number of aliphatic hydroxyl groups is 4. The molecule has 1 amide bonds. The first-order chi connectivity index (χ1) is 26.8. The molecule has 300 valence electrons. The van der Waals surface area contributed by atoms with Crippen molar-refractivity contribution in [2.24, 2.45) is 0 Å². The zero-order valence-electron chi connectivity index (χ0n) is 33.7. The number of hydrogen-bond donors (Lipinski definition) is 6. The van der Waals surface area contributed by atoms with Crippen LogP contribution in [0.1, 0.15) is 97.9 Å². The molecule has 0 aromatic carbocycles. The van der Waals surface area contributed by atoms with E-state index in [2.05, 4.69) is 82.4 Å². The number of nitrogens with one attached hydrogen (secondary N) is 2. The molecule has 0 aliphatic carbocycles. The monoisotopic (exact) mass is 783 g/mol. The van der Waals surface area contributed by atoms with Crippen LogP contribution in [0, 0.1) is 20.8 Å². The molecule has 3 aromatic rings. The first-order valence-electron chi connectivity index (χ1n) is 19.7. The molecule has 6 N–H and O–H groups in total. The standard InChI is InChI=1S/C44H57N5O6S/c1-9-28-25(5)34-21-37-29(10-2)24(4)33(46-37)20-35-26(6)30(40(48-35)27(7)32-18-23(3)31(45-32)19-36(28)47-34)14-15-39(51)49(8)16-12-11-13-17-56-44-43(54)42(53)41(52)38(22-50)55-44/h10,18-21,38,41-45,47,50,52-54H,2,9,11-17,22H2,1,3-8H3/t38-,41-,42+,43-,44+/m1/s1. The van der Waals surface area contributed by atoms with E-state index >= 15 is 0 Å². The number of H-pyrrole nitrogens is 2. The first-order valence-corrected chi connectivity index (χ1v) is 20.7. The van der Waals surface area contributed by atoms with Crippen LogP contribution in [0.4, 0.5) is 0 Å². The van der Waals surface area contributed by atoms with Crippen LogP contribution in [0.25, 0.3) is 44.4 Å². The van der Waals surface area contributed by atoms with Gasteiger partial charge in [0.05, 0.1) is 29.4 Å². The number of aryl methyl sites for hydroxylation is 4. The summed E-state index contributed by atoms with van der Waals surface area (Å²) in [7, 11) is 1.85. The summed E-state index contributed by atoms with van der Waals surface area (Å²) >= 11 is 1.36. The van der Waals surface area contributed by atoms with Crippen LogP contribution in [0.2, 0.25) is 0 Å². The maximum Gasteiger partial charge on any atom is 0.222 e. The summed E-state index contributed by atoms with van der Waals surface area (Å²) in [6, 6.07) is 8.56. The minimum absolute atomic E-state index is 0.0675. The van der Waals surface area contributed by atoms with E-state index in [0.29, 0.717) is 25.1 Å². The number of thioether (sulfide) groups is 1. The van der Waals surface area contributed by atoms with Crippen molar-refractivity contribution in [3.8, 4) is 0 Å². The Hall–Kier alpha value is -4.04. The molecule has 1 saturated heterocycles. The summed E-state index contributed by atoms with van der Waals surface area (Å²) in [6.07, 6.45) is 1.32. The van der Waals surface area contributed by atoms with E-state index in [1.54, 1.807) is 4.90 Å². The van der Waals surface area contributed by atoms with Gasteiger partial charge in [-0.1, -0.05) is 26.0 Å². The number of aliphatic hydroxyl groups excluding tert-OH is 4. The van der Waals surface area contributed by atoms with Crippen molar-refractivity contribution in [3.63, 3.8) is 0 Å². The predicted octanol–water partition coefficient (Wildman–Crippen LogP) is 6.79. The molecule has 1 fully saturated rings. The fourth-order valence-corrected chi connectivity index (χ4v) is 9.10. The maximum absolute atomic E-state index is 13.5. The Balaban J connectivity index is 1.21. The summed E-state index contributed by atoms with van der Waals surface area (Å²) in [6.45, 7) is 17.0. The second-order valence-corrected chi connectivity index (χ2v) is 16.5. The maximum atomic E-state index is 13.5. The molecule has 0 spiro atoms. The minimum Gasteiger partial charge on any atom is -0.394 e. The Morgan fingerprint density at radius 1 is 0.875 bits per heavy atom. The molecule has 11 nitrogen and oxygen atoms in total. The molecular formula is C44H57N5O6S. The van der Waals surface area contributed by atoms with Crippen LogP contribution < -0.4 is 0 Å². The number of fused-ring (bicyclic) bond motifs is 8. The molecule has 3 aromatic heterocycles. The summed E-state index contributed by atoms with van der Waals surface area (Å²) in [5.41, 5.74) is 15.6. The summed E-state index contributed by atoms with van der Waals surface area (Å²) in [4.78, 5) is 33.0. The van der Waals surface area contributed by atoms with E-state index < -0.39 is 36.5 Å². The van der Waals surface area contributed by atoms with Gasteiger partial charge in [0, 0.05) is 47.7 Å². The van der Waals surface area contributed by atoms with Crippen molar-refractivity contribution in [2.75, 3.05) is 26.0 Å². The quantitative estimate of drug-likeness (QED) is 0.102. The topological polar surface area (TPSA) is 168 Å². The number of carbonyl (C=O) groups is 1. The largest absolute Gasteiger partial charge is 0.394 e. The Morgan fingerprint density at radius 3 is 2.30 bits per heavy atom. The van der Waals surface area contributed by atoms with Crippen LogP contribution in [0.3, 0.4) is 0 Å².